The summed E-state index contributed by atoms with van der Waals surface area (Å²) in [4.78, 5) is 29.6. The van der Waals surface area contributed by atoms with Gasteiger partial charge in [0, 0.05) is 31.6 Å². The van der Waals surface area contributed by atoms with Crippen LogP contribution in [0.4, 0.5) is 9.93 Å². The molecule has 2 amide bonds. The maximum Gasteiger partial charge on any atom is 0.323 e. The topological polar surface area (TPSA) is 91.8 Å². The van der Waals surface area contributed by atoms with Crippen LogP contribution in [-0.4, -0.2) is 58.5 Å². The highest BCUT2D eigenvalue weighted by atomic mass is 32.2. The van der Waals surface area contributed by atoms with Gasteiger partial charge in [0.1, 0.15) is 0 Å². The van der Waals surface area contributed by atoms with E-state index in [0.29, 0.717) is 30.6 Å². The minimum absolute atomic E-state index is 0.102. The van der Waals surface area contributed by atoms with Crippen LogP contribution in [0.25, 0.3) is 0 Å². The standard InChI is InChI=1S/C18H29N3O4S2/c1-2-25-11-6-10-21(14-7-4-3-5-8-14)18(24)20-17-19-13-16(27-17)26-12-9-15(22)23/h13-14H,2-12H2,1H3,(H,22,23)(H,19,20,24). The average Bonchev–Trinajstić information content (AvgIpc) is 3.09. The quantitative estimate of drug-likeness (QED) is 0.413. The number of amides is 2. The Bertz CT molecular complexity index is 591. The number of aromatic nitrogens is 1. The second kappa shape index (κ2) is 12.2. The number of ether oxygens (including phenoxy) is 1. The minimum atomic E-state index is -0.810. The molecule has 1 heterocycles. The maximum atomic E-state index is 12.8. The Morgan fingerprint density at radius 2 is 2.19 bits per heavy atom. The fourth-order valence-electron chi connectivity index (χ4n) is 3.11. The van der Waals surface area contributed by atoms with E-state index in [4.69, 9.17) is 9.84 Å². The highest BCUT2D eigenvalue weighted by Crippen LogP contribution is 2.29. The molecule has 9 heteroatoms. The number of carbonyl (C=O) groups excluding carboxylic acids is 1. The van der Waals surface area contributed by atoms with Crippen molar-refractivity contribution in [3.8, 4) is 0 Å². The van der Waals surface area contributed by atoms with Crippen LogP contribution < -0.4 is 5.32 Å². The molecule has 0 saturated heterocycles. The van der Waals surface area contributed by atoms with Crippen molar-refractivity contribution in [2.24, 2.45) is 0 Å². The molecule has 1 aliphatic rings. The molecule has 0 aliphatic heterocycles. The molecule has 0 radical (unpaired) electrons. The van der Waals surface area contributed by atoms with Crippen LogP contribution in [0.15, 0.2) is 10.4 Å². The third-order valence-electron chi connectivity index (χ3n) is 4.43. The normalized spacial score (nSPS) is 14.9. The first-order valence-corrected chi connectivity index (χ1v) is 11.4. The molecule has 2 N–H and O–H groups in total. The molecule has 2 rings (SSSR count). The molecule has 0 spiro atoms. The van der Waals surface area contributed by atoms with Crippen LogP contribution in [0.5, 0.6) is 0 Å². The van der Waals surface area contributed by atoms with Gasteiger partial charge < -0.3 is 14.7 Å². The molecule has 1 aromatic heterocycles. The first kappa shape index (κ1) is 22.0. The fraction of sp³-hybridized carbons (Fsp3) is 0.722. The number of carboxylic acid groups (broad SMARTS) is 1. The molecule has 0 aromatic carbocycles. The van der Waals surface area contributed by atoms with Crippen molar-refractivity contribution in [1.29, 1.82) is 0 Å². The molecule has 1 aliphatic carbocycles. The third-order valence-corrected chi connectivity index (χ3v) is 6.54. The zero-order chi connectivity index (χ0) is 19.5. The van der Waals surface area contributed by atoms with E-state index in [9.17, 15) is 9.59 Å². The van der Waals surface area contributed by atoms with Gasteiger partial charge >= 0.3 is 12.0 Å². The van der Waals surface area contributed by atoms with Gasteiger partial charge in [-0.25, -0.2) is 9.78 Å². The molecule has 0 bridgehead atoms. The zero-order valence-electron chi connectivity index (χ0n) is 15.8. The van der Waals surface area contributed by atoms with Crippen LogP contribution in [0.3, 0.4) is 0 Å². The Hall–Kier alpha value is -1.32. The fourth-order valence-corrected chi connectivity index (χ4v) is 4.98. The maximum absolute atomic E-state index is 12.8. The molecule has 27 heavy (non-hydrogen) atoms. The van der Waals surface area contributed by atoms with Crippen LogP contribution in [-0.2, 0) is 9.53 Å². The summed E-state index contributed by atoms with van der Waals surface area (Å²) in [5, 5.41) is 12.2. The summed E-state index contributed by atoms with van der Waals surface area (Å²) in [7, 11) is 0. The van der Waals surface area contributed by atoms with Crippen molar-refractivity contribution in [3.05, 3.63) is 6.20 Å². The van der Waals surface area contributed by atoms with Crippen molar-refractivity contribution in [3.63, 3.8) is 0 Å². The molecule has 1 saturated carbocycles. The number of aliphatic carboxylic acids is 1. The van der Waals surface area contributed by atoms with Gasteiger partial charge in [0.05, 0.1) is 16.8 Å². The number of urea groups is 1. The lowest BCUT2D eigenvalue weighted by molar-refractivity contribution is -0.136. The Morgan fingerprint density at radius 1 is 1.41 bits per heavy atom. The molecule has 1 aromatic rings. The van der Waals surface area contributed by atoms with Gasteiger partial charge in [0.25, 0.3) is 0 Å². The molecule has 0 atom stereocenters. The van der Waals surface area contributed by atoms with Gasteiger partial charge in [0.15, 0.2) is 5.13 Å². The number of thiazole rings is 1. The summed E-state index contributed by atoms with van der Waals surface area (Å²) in [5.41, 5.74) is 0. The number of hydrogen-bond acceptors (Lipinski definition) is 6. The second-order valence-corrected chi connectivity index (χ2v) is 8.87. The van der Waals surface area contributed by atoms with Crippen molar-refractivity contribution in [1.82, 2.24) is 9.88 Å². The van der Waals surface area contributed by atoms with Gasteiger partial charge in [-0.2, -0.15) is 0 Å². The number of carboxylic acids is 1. The van der Waals surface area contributed by atoms with Crippen molar-refractivity contribution in [2.45, 2.75) is 62.1 Å². The predicted molar refractivity (Wildman–Crippen MR) is 109 cm³/mol. The number of nitrogens with zero attached hydrogens (tertiary/aromatic N) is 2. The van der Waals surface area contributed by atoms with Crippen molar-refractivity contribution >= 4 is 40.2 Å². The number of hydrogen-bond donors (Lipinski definition) is 2. The molecule has 0 unspecified atom stereocenters. The Balaban J connectivity index is 1.89. The van der Waals surface area contributed by atoms with E-state index in [1.165, 1.54) is 42.4 Å². The summed E-state index contributed by atoms with van der Waals surface area (Å²) in [6, 6.07) is 0.180. The van der Waals surface area contributed by atoms with Gasteiger partial charge in [0.2, 0.25) is 0 Å². The summed E-state index contributed by atoms with van der Waals surface area (Å²) >= 11 is 2.83. The monoisotopic (exact) mass is 415 g/mol. The molecule has 1 fully saturated rings. The van der Waals surface area contributed by atoms with E-state index in [2.05, 4.69) is 10.3 Å². The second-order valence-electron chi connectivity index (χ2n) is 6.44. The largest absolute Gasteiger partial charge is 0.481 e. The van der Waals surface area contributed by atoms with Crippen LogP contribution in [0, 0.1) is 0 Å². The Morgan fingerprint density at radius 3 is 2.89 bits per heavy atom. The van der Waals surface area contributed by atoms with Crippen LogP contribution >= 0.6 is 23.1 Å². The first-order valence-electron chi connectivity index (χ1n) is 9.56. The van der Waals surface area contributed by atoms with E-state index in [0.717, 1.165) is 23.5 Å². The summed E-state index contributed by atoms with van der Waals surface area (Å²) < 4.78 is 6.32. The SMILES string of the molecule is CCOCCCN(C(=O)Nc1ncc(SCCC(=O)O)s1)C1CCCCC1. The van der Waals surface area contributed by atoms with Gasteiger partial charge in [-0.15, -0.1) is 11.8 Å². The van der Waals surface area contributed by atoms with E-state index in [1.54, 1.807) is 6.20 Å². The van der Waals surface area contributed by atoms with Gasteiger partial charge in [-0.1, -0.05) is 30.6 Å². The Kier molecular flexibility index (Phi) is 9.93. The Labute approximate surface area is 168 Å². The van der Waals surface area contributed by atoms with E-state index in [-0.39, 0.29) is 18.5 Å². The lowest BCUT2D eigenvalue weighted by Gasteiger charge is -2.34. The molecular formula is C18H29N3O4S2. The molecular weight excluding hydrogens is 386 g/mol. The summed E-state index contributed by atoms with van der Waals surface area (Å²) in [6.45, 7) is 4.01. The number of thioether (sulfide) groups is 1. The molecule has 7 nitrogen and oxygen atoms in total. The third kappa shape index (κ3) is 8.06. The van der Waals surface area contributed by atoms with Gasteiger partial charge in [-0.3, -0.25) is 10.1 Å². The summed E-state index contributed by atoms with van der Waals surface area (Å²) in [6.07, 6.45) is 8.31. The van der Waals surface area contributed by atoms with E-state index >= 15 is 0 Å². The highest BCUT2D eigenvalue weighted by molar-refractivity contribution is 8.01. The van der Waals surface area contributed by atoms with Crippen LogP contribution in [0.2, 0.25) is 0 Å². The minimum Gasteiger partial charge on any atom is -0.481 e. The lowest BCUT2D eigenvalue weighted by Crippen LogP contribution is -2.44. The smallest absolute Gasteiger partial charge is 0.323 e. The van der Waals surface area contributed by atoms with Crippen LogP contribution in [0.1, 0.15) is 51.9 Å². The van der Waals surface area contributed by atoms with E-state index in [1.807, 2.05) is 11.8 Å². The number of anilines is 1. The lowest BCUT2D eigenvalue weighted by atomic mass is 9.94. The average molecular weight is 416 g/mol. The first-order chi connectivity index (χ1) is 13.1. The number of nitrogens with one attached hydrogen (secondary N) is 1. The zero-order valence-corrected chi connectivity index (χ0v) is 17.4. The van der Waals surface area contributed by atoms with Gasteiger partial charge in [-0.05, 0) is 26.2 Å². The summed E-state index contributed by atoms with van der Waals surface area (Å²) in [5.74, 6) is -0.313. The predicted octanol–water partition coefficient (Wildman–Crippen LogP) is 4.30. The molecule has 152 valence electrons. The number of carbonyl (C=O) groups is 2. The van der Waals surface area contributed by atoms with E-state index < -0.39 is 5.97 Å². The highest BCUT2D eigenvalue weighted by Gasteiger charge is 2.25. The van der Waals surface area contributed by atoms with Crippen molar-refractivity contribution in [2.75, 3.05) is 30.8 Å². The van der Waals surface area contributed by atoms with Crippen molar-refractivity contribution < 1.29 is 19.4 Å². The number of rotatable bonds is 11.